The average Bonchev–Trinajstić information content (AvgIpc) is 2.12. The fourth-order valence-electron chi connectivity index (χ4n) is 1.72. The van der Waals surface area contributed by atoms with E-state index in [9.17, 15) is 4.79 Å². The molecule has 14 heavy (non-hydrogen) atoms. The SMILES string of the molecule is CCOC(=O)C1(C)CCC(Cl)C=C1C. The van der Waals surface area contributed by atoms with E-state index in [2.05, 4.69) is 0 Å². The van der Waals surface area contributed by atoms with Gasteiger partial charge in [0.25, 0.3) is 0 Å². The topological polar surface area (TPSA) is 26.3 Å². The van der Waals surface area contributed by atoms with Crippen LogP contribution in [0.25, 0.3) is 0 Å². The zero-order chi connectivity index (χ0) is 10.8. The van der Waals surface area contributed by atoms with E-state index in [1.807, 2.05) is 26.8 Å². The predicted molar refractivity (Wildman–Crippen MR) is 57.4 cm³/mol. The molecule has 1 aliphatic rings. The van der Waals surface area contributed by atoms with Gasteiger partial charge < -0.3 is 4.74 Å². The molecule has 0 saturated carbocycles. The van der Waals surface area contributed by atoms with Gasteiger partial charge in [-0.15, -0.1) is 11.6 Å². The second-order valence-corrected chi connectivity index (χ2v) is 4.52. The summed E-state index contributed by atoms with van der Waals surface area (Å²) < 4.78 is 5.07. The van der Waals surface area contributed by atoms with Crippen LogP contribution in [-0.2, 0) is 9.53 Å². The van der Waals surface area contributed by atoms with Crippen molar-refractivity contribution in [2.75, 3.05) is 6.61 Å². The van der Waals surface area contributed by atoms with E-state index < -0.39 is 5.41 Å². The molecular weight excluding hydrogens is 200 g/mol. The number of allylic oxidation sites excluding steroid dienone is 1. The molecule has 0 aromatic rings. The zero-order valence-electron chi connectivity index (χ0n) is 8.97. The molecule has 2 unspecified atom stereocenters. The van der Waals surface area contributed by atoms with E-state index in [-0.39, 0.29) is 11.3 Å². The largest absolute Gasteiger partial charge is 0.465 e. The summed E-state index contributed by atoms with van der Waals surface area (Å²) in [5.74, 6) is -0.127. The molecule has 0 spiro atoms. The van der Waals surface area contributed by atoms with Crippen LogP contribution in [0, 0.1) is 5.41 Å². The third-order valence-corrected chi connectivity index (χ3v) is 3.29. The third kappa shape index (κ3) is 2.11. The molecule has 0 aromatic carbocycles. The first kappa shape index (κ1) is 11.6. The Balaban J connectivity index is 2.84. The predicted octanol–water partition coefficient (Wildman–Crippen LogP) is 2.90. The number of hydrogen-bond acceptors (Lipinski definition) is 2. The summed E-state index contributed by atoms with van der Waals surface area (Å²) in [4.78, 5) is 11.7. The van der Waals surface area contributed by atoms with Crippen LogP contribution in [0.4, 0.5) is 0 Å². The van der Waals surface area contributed by atoms with Crippen molar-refractivity contribution in [3.05, 3.63) is 11.6 Å². The minimum atomic E-state index is -0.457. The van der Waals surface area contributed by atoms with Crippen molar-refractivity contribution in [1.82, 2.24) is 0 Å². The lowest BCUT2D eigenvalue weighted by Crippen LogP contribution is -2.34. The van der Waals surface area contributed by atoms with Crippen LogP contribution in [0.15, 0.2) is 11.6 Å². The van der Waals surface area contributed by atoms with Crippen molar-refractivity contribution in [1.29, 1.82) is 0 Å². The number of carbonyl (C=O) groups excluding carboxylic acids is 1. The Bertz CT molecular complexity index is 260. The first-order valence-corrected chi connectivity index (χ1v) is 5.44. The maximum absolute atomic E-state index is 11.7. The monoisotopic (exact) mass is 216 g/mol. The van der Waals surface area contributed by atoms with Crippen molar-refractivity contribution < 1.29 is 9.53 Å². The van der Waals surface area contributed by atoms with E-state index in [1.165, 1.54) is 0 Å². The van der Waals surface area contributed by atoms with E-state index in [1.54, 1.807) is 0 Å². The third-order valence-electron chi connectivity index (χ3n) is 2.95. The van der Waals surface area contributed by atoms with Gasteiger partial charge in [-0.05, 0) is 33.6 Å². The minimum absolute atomic E-state index is 0.0671. The van der Waals surface area contributed by atoms with Gasteiger partial charge in [0, 0.05) is 0 Å². The second kappa shape index (κ2) is 4.35. The van der Waals surface area contributed by atoms with Gasteiger partial charge in [-0.1, -0.05) is 11.6 Å². The first-order valence-electron chi connectivity index (χ1n) is 5.01. The Labute approximate surface area is 90.3 Å². The maximum Gasteiger partial charge on any atom is 0.315 e. The van der Waals surface area contributed by atoms with Crippen LogP contribution >= 0.6 is 11.6 Å². The molecule has 0 fully saturated rings. The van der Waals surface area contributed by atoms with Gasteiger partial charge in [0.15, 0.2) is 0 Å². The number of halogens is 1. The Hall–Kier alpha value is -0.500. The molecule has 80 valence electrons. The quantitative estimate of drug-likeness (QED) is 0.403. The summed E-state index contributed by atoms with van der Waals surface area (Å²) in [7, 11) is 0. The molecule has 1 rings (SSSR count). The van der Waals surface area contributed by atoms with Crippen LogP contribution in [0.5, 0.6) is 0 Å². The molecule has 0 aromatic heterocycles. The highest BCUT2D eigenvalue weighted by atomic mass is 35.5. The lowest BCUT2D eigenvalue weighted by molar-refractivity contribution is -0.152. The average molecular weight is 217 g/mol. The number of esters is 1. The van der Waals surface area contributed by atoms with E-state index in [0.717, 1.165) is 18.4 Å². The van der Waals surface area contributed by atoms with Crippen LogP contribution in [-0.4, -0.2) is 18.0 Å². The van der Waals surface area contributed by atoms with Crippen molar-refractivity contribution in [3.8, 4) is 0 Å². The Morgan fingerprint density at radius 3 is 2.93 bits per heavy atom. The van der Waals surface area contributed by atoms with E-state index in [4.69, 9.17) is 16.3 Å². The molecule has 1 aliphatic carbocycles. The van der Waals surface area contributed by atoms with Gasteiger partial charge >= 0.3 is 5.97 Å². The van der Waals surface area contributed by atoms with Crippen LogP contribution in [0.1, 0.15) is 33.6 Å². The van der Waals surface area contributed by atoms with Crippen molar-refractivity contribution in [2.45, 2.75) is 39.0 Å². The van der Waals surface area contributed by atoms with Crippen LogP contribution < -0.4 is 0 Å². The van der Waals surface area contributed by atoms with Gasteiger partial charge in [-0.25, -0.2) is 0 Å². The number of ether oxygens (including phenoxy) is 1. The molecule has 0 saturated heterocycles. The molecular formula is C11H17ClO2. The van der Waals surface area contributed by atoms with Crippen molar-refractivity contribution in [2.24, 2.45) is 5.41 Å². The number of alkyl halides is 1. The molecule has 0 amide bonds. The highest BCUT2D eigenvalue weighted by Crippen LogP contribution is 2.39. The van der Waals surface area contributed by atoms with Crippen LogP contribution in [0.2, 0.25) is 0 Å². The molecule has 0 radical (unpaired) electrons. The summed E-state index contributed by atoms with van der Waals surface area (Å²) in [5, 5.41) is 0.0671. The van der Waals surface area contributed by atoms with Crippen molar-refractivity contribution in [3.63, 3.8) is 0 Å². The Kier molecular flexibility index (Phi) is 3.59. The lowest BCUT2D eigenvalue weighted by atomic mass is 9.74. The van der Waals surface area contributed by atoms with Gasteiger partial charge in [0.1, 0.15) is 0 Å². The molecule has 2 atom stereocenters. The molecule has 0 heterocycles. The number of carbonyl (C=O) groups is 1. The Morgan fingerprint density at radius 1 is 1.79 bits per heavy atom. The van der Waals surface area contributed by atoms with E-state index in [0.29, 0.717) is 6.61 Å². The summed E-state index contributed by atoms with van der Waals surface area (Å²) in [6.07, 6.45) is 3.58. The molecule has 2 nitrogen and oxygen atoms in total. The maximum atomic E-state index is 11.7. The fourth-order valence-corrected chi connectivity index (χ4v) is 2.01. The zero-order valence-corrected chi connectivity index (χ0v) is 9.73. The second-order valence-electron chi connectivity index (χ2n) is 3.96. The molecule has 0 N–H and O–H groups in total. The minimum Gasteiger partial charge on any atom is -0.465 e. The lowest BCUT2D eigenvalue weighted by Gasteiger charge is -2.32. The highest BCUT2D eigenvalue weighted by Gasteiger charge is 2.39. The van der Waals surface area contributed by atoms with Gasteiger partial charge in [-0.3, -0.25) is 4.79 Å². The molecule has 0 bridgehead atoms. The summed E-state index contributed by atoms with van der Waals surface area (Å²) in [6.45, 7) is 6.14. The van der Waals surface area contributed by atoms with Crippen molar-refractivity contribution >= 4 is 17.6 Å². The standard InChI is InChI=1S/C11H17ClO2/c1-4-14-10(13)11(3)6-5-9(12)7-8(11)2/h7,9H,4-6H2,1-3H3. The molecule has 0 aliphatic heterocycles. The summed E-state index contributed by atoms with van der Waals surface area (Å²) in [6, 6.07) is 0. The van der Waals surface area contributed by atoms with Crippen LogP contribution in [0.3, 0.4) is 0 Å². The first-order chi connectivity index (χ1) is 6.50. The molecule has 3 heteroatoms. The fraction of sp³-hybridized carbons (Fsp3) is 0.727. The smallest absolute Gasteiger partial charge is 0.315 e. The van der Waals surface area contributed by atoms with Gasteiger partial charge in [-0.2, -0.15) is 0 Å². The summed E-state index contributed by atoms with van der Waals surface area (Å²) >= 11 is 5.99. The highest BCUT2D eigenvalue weighted by molar-refractivity contribution is 6.22. The van der Waals surface area contributed by atoms with Gasteiger partial charge in [0.05, 0.1) is 17.4 Å². The summed E-state index contributed by atoms with van der Waals surface area (Å²) in [5.41, 5.74) is 0.573. The van der Waals surface area contributed by atoms with E-state index >= 15 is 0 Å². The number of rotatable bonds is 2. The van der Waals surface area contributed by atoms with Gasteiger partial charge in [0.2, 0.25) is 0 Å². The number of hydrogen-bond donors (Lipinski definition) is 0. The normalized spacial score (nSPS) is 32.3. The Morgan fingerprint density at radius 2 is 2.43 bits per heavy atom.